The van der Waals surface area contributed by atoms with E-state index in [9.17, 15) is 5.11 Å². The smallest absolute Gasteiger partial charge is 0.115 e. The summed E-state index contributed by atoms with van der Waals surface area (Å²) in [5.74, 6) is 0.760. The molecule has 0 spiro atoms. The van der Waals surface area contributed by atoms with Gasteiger partial charge < -0.3 is 10.2 Å². The minimum absolute atomic E-state index is 0.118. The van der Waals surface area contributed by atoms with E-state index in [2.05, 4.69) is 13.8 Å². The first-order chi connectivity index (χ1) is 6.15. The molecule has 0 saturated heterocycles. The molecule has 1 rings (SSSR count). The molecule has 1 atom stereocenters. The van der Waals surface area contributed by atoms with Crippen LogP contribution in [0.15, 0.2) is 24.3 Å². The molecule has 0 bridgehead atoms. The Labute approximate surface area is 78.8 Å². The highest BCUT2D eigenvalue weighted by Gasteiger charge is 2.14. The third-order valence-electron chi connectivity index (χ3n) is 2.30. The monoisotopic (exact) mass is 180 g/mol. The lowest BCUT2D eigenvalue weighted by Crippen LogP contribution is -2.10. The van der Waals surface area contributed by atoms with Crippen LogP contribution < -0.4 is 0 Å². The Hall–Kier alpha value is -1.02. The van der Waals surface area contributed by atoms with Gasteiger partial charge in [-0.1, -0.05) is 26.0 Å². The summed E-state index contributed by atoms with van der Waals surface area (Å²) in [6, 6.07) is 7.08. The molecule has 0 fully saturated rings. The highest BCUT2D eigenvalue weighted by Crippen LogP contribution is 2.25. The summed E-state index contributed by atoms with van der Waals surface area (Å²) in [6.45, 7) is 4.25. The molecule has 0 aromatic heterocycles. The zero-order chi connectivity index (χ0) is 9.84. The fourth-order valence-corrected chi connectivity index (χ4v) is 1.46. The first-order valence-electron chi connectivity index (χ1n) is 4.55. The second-order valence-corrected chi connectivity index (χ2v) is 3.63. The molecule has 0 aliphatic carbocycles. The highest BCUT2D eigenvalue weighted by molar-refractivity contribution is 5.30. The lowest BCUT2D eigenvalue weighted by molar-refractivity contribution is 0.237. The molecule has 0 aliphatic rings. The van der Waals surface area contributed by atoms with Gasteiger partial charge in [0.1, 0.15) is 5.75 Å². The number of aliphatic hydroxyl groups excluding tert-OH is 1. The molecule has 1 unspecified atom stereocenters. The van der Waals surface area contributed by atoms with Crippen molar-refractivity contribution in [1.29, 1.82) is 0 Å². The van der Waals surface area contributed by atoms with Crippen LogP contribution in [-0.4, -0.2) is 16.8 Å². The zero-order valence-corrected chi connectivity index (χ0v) is 8.07. The fraction of sp³-hybridized carbons (Fsp3) is 0.455. The van der Waals surface area contributed by atoms with E-state index >= 15 is 0 Å². The summed E-state index contributed by atoms with van der Waals surface area (Å²) in [5, 5.41) is 18.4. The second kappa shape index (κ2) is 4.28. The maximum absolute atomic E-state index is 9.26. The summed E-state index contributed by atoms with van der Waals surface area (Å²) in [5.41, 5.74) is 0.998. The van der Waals surface area contributed by atoms with E-state index in [1.807, 2.05) is 6.07 Å². The Morgan fingerprint density at radius 2 is 2.00 bits per heavy atom. The topological polar surface area (TPSA) is 40.5 Å². The molecule has 0 aliphatic heterocycles. The summed E-state index contributed by atoms with van der Waals surface area (Å²) in [6.07, 6.45) is 0. The highest BCUT2D eigenvalue weighted by atomic mass is 16.3. The second-order valence-electron chi connectivity index (χ2n) is 3.63. The third-order valence-corrected chi connectivity index (χ3v) is 2.30. The molecule has 72 valence electrons. The van der Waals surface area contributed by atoms with Crippen LogP contribution in [-0.2, 0) is 0 Å². The number of phenolic OH excluding ortho intramolecular Hbond substituents is 1. The van der Waals surface area contributed by atoms with Gasteiger partial charge in [-0.05, 0) is 23.6 Å². The third kappa shape index (κ3) is 2.46. The molecule has 0 radical (unpaired) electrons. The van der Waals surface area contributed by atoms with E-state index < -0.39 is 0 Å². The van der Waals surface area contributed by atoms with Crippen LogP contribution in [0, 0.1) is 5.92 Å². The van der Waals surface area contributed by atoms with Crippen molar-refractivity contribution in [3.05, 3.63) is 29.8 Å². The Morgan fingerprint density at radius 3 is 2.46 bits per heavy atom. The Kier molecular flexibility index (Phi) is 3.32. The average Bonchev–Trinajstić information content (AvgIpc) is 2.04. The van der Waals surface area contributed by atoms with E-state index in [4.69, 9.17) is 5.11 Å². The van der Waals surface area contributed by atoms with Crippen LogP contribution >= 0.6 is 0 Å². The minimum Gasteiger partial charge on any atom is -0.508 e. The van der Waals surface area contributed by atoms with Gasteiger partial charge in [0.2, 0.25) is 0 Å². The summed E-state index contributed by atoms with van der Waals surface area (Å²) < 4.78 is 0. The molecule has 1 aromatic carbocycles. The van der Waals surface area contributed by atoms with Gasteiger partial charge in [-0.3, -0.25) is 0 Å². The van der Waals surface area contributed by atoms with Crippen molar-refractivity contribution in [3.8, 4) is 5.75 Å². The van der Waals surface area contributed by atoms with Gasteiger partial charge >= 0.3 is 0 Å². The predicted molar refractivity (Wildman–Crippen MR) is 52.8 cm³/mol. The van der Waals surface area contributed by atoms with Crippen LogP contribution in [0.2, 0.25) is 0 Å². The van der Waals surface area contributed by atoms with Crippen LogP contribution in [0.5, 0.6) is 5.75 Å². The molecule has 2 N–H and O–H groups in total. The van der Waals surface area contributed by atoms with E-state index in [0.29, 0.717) is 5.92 Å². The lowest BCUT2D eigenvalue weighted by atomic mass is 9.89. The fourth-order valence-electron chi connectivity index (χ4n) is 1.46. The first-order valence-corrected chi connectivity index (χ1v) is 4.55. The minimum atomic E-state index is 0.118. The van der Waals surface area contributed by atoms with Crippen molar-refractivity contribution in [3.63, 3.8) is 0 Å². The van der Waals surface area contributed by atoms with E-state index in [1.165, 1.54) is 0 Å². The number of hydrogen-bond acceptors (Lipinski definition) is 2. The summed E-state index contributed by atoms with van der Waals surface area (Å²) in [4.78, 5) is 0. The maximum Gasteiger partial charge on any atom is 0.115 e. The van der Waals surface area contributed by atoms with Crippen molar-refractivity contribution >= 4 is 0 Å². The van der Waals surface area contributed by atoms with Crippen molar-refractivity contribution in [2.24, 2.45) is 5.92 Å². The van der Waals surface area contributed by atoms with Crippen LogP contribution in [0.4, 0.5) is 0 Å². The number of benzene rings is 1. The Bertz CT molecular complexity index is 269. The molecular weight excluding hydrogens is 164 g/mol. The number of rotatable bonds is 3. The van der Waals surface area contributed by atoms with Crippen LogP contribution in [0.1, 0.15) is 25.3 Å². The van der Waals surface area contributed by atoms with Gasteiger partial charge in [-0.15, -0.1) is 0 Å². The van der Waals surface area contributed by atoms with Gasteiger partial charge in [0.05, 0.1) is 6.61 Å². The van der Waals surface area contributed by atoms with Crippen molar-refractivity contribution in [2.75, 3.05) is 6.61 Å². The normalized spacial score (nSPS) is 13.2. The zero-order valence-electron chi connectivity index (χ0n) is 8.07. The van der Waals surface area contributed by atoms with Crippen molar-refractivity contribution in [2.45, 2.75) is 19.8 Å². The van der Waals surface area contributed by atoms with Gasteiger partial charge in [-0.25, -0.2) is 0 Å². The van der Waals surface area contributed by atoms with Crippen LogP contribution in [0.3, 0.4) is 0 Å². The maximum atomic E-state index is 9.26. The lowest BCUT2D eigenvalue weighted by Gasteiger charge is -2.18. The molecule has 1 aromatic rings. The molecule has 0 amide bonds. The molecule has 2 nitrogen and oxygen atoms in total. The number of aromatic hydroxyl groups is 1. The average molecular weight is 180 g/mol. The molecule has 0 saturated carbocycles. The molecule has 2 heteroatoms. The Morgan fingerprint density at radius 1 is 1.31 bits per heavy atom. The van der Waals surface area contributed by atoms with Gasteiger partial charge in [-0.2, -0.15) is 0 Å². The molecule has 13 heavy (non-hydrogen) atoms. The van der Waals surface area contributed by atoms with Gasteiger partial charge in [0.25, 0.3) is 0 Å². The SMILES string of the molecule is CC(C)C(CO)c1cccc(O)c1. The quantitative estimate of drug-likeness (QED) is 0.748. The van der Waals surface area contributed by atoms with Crippen molar-refractivity contribution < 1.29 is 10.2 Å². The largest absolute Gasteiger partial charge is 0.508 e. The first kappa shape index (κ1) is 10.1. The number of hydrogen-bond donors (Lipinski definition) is 2. The van der Waals surface area contributed by atoms with Gasteiger partial charge in [0.15, 0.2) is 0 Å². The van der Waals surface area contributed by atoms with Crippen LogP contribution in [0.25, 0.3) is 0 Å². The molecular formula is C11H16O2. The summed E-state index contributed by atoms with van der Waals surface area (Å²) in [7, 11) is 0. The standard InChI is InChI=1S/C11H16O2/c1-8(2)11(7-12)9-4-3-5-10(13)6-9/h3-6,8,11-13H,7H2,1-2H3. The predicted octanol–water partition coefficient (Wildman–Crippen LogP) is 2.12. The Balaban J connectivity index is 2.91. The van der Waals surface area contributed by atoms with Crippen molar-refractivity contribution in [1.82, 2.24) is 0 Å². The van der Waals surface area contributed by atoms with E-state index in [-0.39, 0.29) is 18.3 Å². The summed E-state index contributed by atoms with van der Waals surface area (Å²) >= 11 is 0. The molecule has 0 heterocycles. The number of aliphatic hydroxyl groups is 1. The number of phenols is 1. The van der Waals surface area contributed by atoms with E-state index in [1.54, 1.807) is 18.2 Å². The van der Waals surface area contributed by atoms with E-state index in [0.717, 1.165) is 5.56 Å². The van der Waals surface area contributed by atoms with Gasteiger partial charge in [0, 0.05) is 5.92 Å².